The Morgan fingerprint density at radius 2 is 1.54 bits per heavy atom. The molecule has 0 spiro atoms. The van der Waals surface area contributed by atoms with Gasteiger partial charge in [-0.2, -0.15) is 0 Å². The lowest BCUT2D eigenvalue weighted by atomic mass is 9.70. The lowest BCUT2D eigenvalue weighted by molar-refractivity contribution is -0.126. The normalized spacial score (nSPS) is 21.5. The summed E-state index contributed by atoms with van der Waals surface area (Å²) < 4.78 is 0. The fraction of sp³-hybridized carbons (Fsp3) is 0.409. The molecule has 2 heteroatoms. The average Bonchev–Trinajstić information content (AvgIpc) is 2.47. The van der Waals surface area contributed by atoms with Gasteiger partial charge in [-0.15, -0.1) is 0 Å². The summed E-state index contributed by atoms with van der Waals surface area (Å²) in [5.41, 5.74) is -0.00683. The van der Waals surface area contributed by atoms with Crippen molar-refractivity contribution in [1.82, 2.24) is 0 Å². The molecule has 24 heavy (non-hydrogen) atoms. The first-order valence-corrected chi connectivity index (χ1v) is 8.24. The highest BCUT2D eigenvalue weighted by Crippen LogP contribution is 2.39. The minimum absolute atomic E-state index is 0.181. The quantitative estimate of drug-likeness (QED) is 0.723. The van der Waals surface area contributed by atoms with Crippen molar-refractivity contribution in [2.24, 2.45) is 10.8 Å². The van der Waals surface area contributed by atoms with Crippen LogP contribution < -0.4 is 0 Å². The second kappa shape index (κ2) is 6.07. The maximum atomic E-state index is 12.9. The maximum Gasteiger partial charge on any atom is 0.208 e. The van der Waals surface area contributed by atoms with Crippen LogP contribution in [0.2, 0.25) is 0 Å². The van der Waals surface area contributed by atoms with Gasteiger partial charge in [0.25, 0.3) is 0 Å². The van der Waals surface area contributed by atoms with E-state index in [1.54, 1.807) is 6.08 Å². The monoisotopic (exact) mass is 322 g/mol. The summed E-state index contributed by atoms with van der Waals surface area (Å²) in [6, 6.07) is 9.39. The fourth-order valence-electron chi connectivity index (χ4n) is 2.53. The first kappa shape index (κ1) is 18.2. The largest absolute Gasteiger partial charge is 0.367 e. The summed E-state index contributed by atoms with van der Waals surface area (Å²) in [4.78, 5) is 12.9. The third-order valence-electron chi connectivity index (χ3n) is 4.10. The summed E-state index contributed by atoms with van der Waals surface area (Å²) in [7, 11) is 0. The summed E-state index contributed by atoms with van der Waals surface area (Å²) >= 11 is 0. The zero-order valence-corrected chi connectivity index (χ0v) is 15.4. The SMILES string of the molecule is CC(C)(C)C1=CC(O)(C#Cc2ccccc2)C(=O)C(C(C)(C)C)=C1. The van der Waals surface area contributed by atoms with Crippen LogP contribution in [-0.2, 0) is 4.79 Å². The van der Waals surface area contributed by atoms with Gasteiger partial charge in [0.2, 0.25) is 11.4 Å². The minimum atomic E-state index is -1.78. The molecule has 0 radical (unpaired) electrons. The molecule has 126 valence electrons. The van der Waals surface area contributed by atoms with Crippen LogP contribution in [0.4, 0.5) is 0 Å². The van der Waals surface area contributed by atoms with E-state index in [-0.39, 0.29) is 16.6 Å². The number of carbonyl (C=O) groups excluding carboxylic acids is 1. The zero-order chi connectivity index (χ0) is 18.2. The van der Waals surface area contributed by atoms with Crippen LogP contribution in [-0.4, -0.2) is 16.5 Å². The Balaban J connectivity index is 2.57. The standard InChI is InChI=1S/C22H26O2/c1-20(2,3)17-14-18(21(4,5)6)19(23)22(24,15-17)13-12-16-10-8-7-9-11-16/h7-11,14-15,24H,1-6H3. The average molecular weight is 322 g/mol. The lowest BCUT2D eigenvalue weighted by Gasteiger charge is -2.34. The summed E-state index contributed by atoms with van der Waals surface area (Å²) in [5.74, 6) is 5.42. The Kier molecular flexibility index (Phi) is 4.61. The van der Waals surface area contributed by atoms with Crippen molar-refractivity contribution in [3.8, 4) is 11.8 Å². The molecule has 0 saturated carbocycles. The predicted molar refractivity (Wildman–Crippen MR) is 98.4 cm³/mol. The van der Waals surface area contributed by atoms with E-state index in [1.165, 1.54) is 0 Å². The molecule has 1 N–H and O–H groups in total. The first-order chi connectivity index (χ1) is 10.9. The molecule has 1 atom stereocenters. The molecule has 1 aromatic rings. The molecular weight excluding hydrogens is 296 g/mol. The highest BCUT2D eigenvalue weighted by Gasteiger charge is 2.42. The molecular formula is C22H26O2. The molecule has 1 aliphatic rings. The van der Waals surface area contributed by atoms with Crippen LogP contribution in [0.25, 0.3) is 0 Å². The Hall–Kier alpha value is -2.11. The maximum absolute atomic E-state index is 12.9. The highest BCUT2D eigenvalue weighted by molar-refractivity contribution is 6.08. The number of ketones is 1. The van der Waals surface area contributed by atoms with Gasteiger partial charge in [-0.3, -0.25) is 4.79 Å². The van der Waals surface area contributed by atoms with E-state index >= 15 is 0 Å². The second-order valence-electron chi connectivity index (χ2n) is 8.37. The van der Waals surface area contributed by atoms with E-state index in [4.69, 9.17) is 0 Å². The fourth-order valence-corrected chi connectivity index (χ4v) is 2.53. The summed E-state index contributed by atoms with van der Waals surface area (Å²) in [6.07, 6.45) is 3.53. The van der Waals surface area contributed by atoms with Gasteiger partial charge < -0.3 is 5.11 Å². The van der Waals surface area contributed by atoms with Gasteiger partial charge in [-0.05, 0) is 40.5 Å². The smallest absolute Gasteiger partial charge is 0.208 e. The van der Waals surface area contributed by atoms with Crippen LogP contribution in [0.3, 0.4) is 0 Å². The lowest BCUT2D eigenvalue weighted by Crippen LogP contribution is -2.42. The van der Waals surface area contributed by atoms with Gasteiger partial charge in [0.05, 0.1) is 0 Å². The van der Waals surface area contributed by atoms with Gasteiger partial charge in [0.1, 0.15) is 0 Å². The highest BCUT2D eigenvalue weighted by atomic mass is 16.3. The van der Waals surface area contributed by atoms with Gasteiger partial charge in [0, 0.05) is 11.1 Å². The van der Waals surface area contributed by atoms with Crippen molar-refractivity contribution in [1.29, 1.82) is 0 Å². The molecule has 0 aliphatic heterocycles. The van der Waals surface area contributed by atoms with Gasteiger partial charge in [0.15, 0.2) is 0 Å². The third-order valence-corrected chi connectivity index (χ3v) is 4.10. The van der Waals surface area contributed by atoms with Crippen LogP contribution in [0.15, 0.2) is 53.6 Å². The van der Waals surface area contributed by atoms with E-state index in [0.29, 0.717) is 5.57 Å². The predicted octanol–water partition coefficient (Wildman–Crippen LogP) is 4.30. The van der Waals surface area contributed by atoms with Crippen molar-refractivity contribution in [2.75, 3.05) is 0 Å². The van der Waals surface area contributed by atoms with Gasteiger partial charge in [-0.1, -0.05) is 71.7 Å². The second-order valence-corrected chi connectivity index (χ2v) is 8.37. The van der Waals surface area contributed by atoms with Crippen LogP contribution in [0, 0.1) is 22.7 Å². The number of benzene rings is 1. The van der Waals surface area contributed by atoms with Crippen LogP contribution in [0.5, 0.6) is 0 Å². The third kappa shape index (κ3) is 3.86. The number of carbonyl (C=O) groups is 1. The Morgan fingerprint density at radius 1 is 0.958 bits per heavy atom. The van der Waals surface area contributed by atoms with Crippen molar-refractivity contribution >= 4 is 5.78 Å². The molecule has 0 bridgehead atoms. The van der Waals surface area contributed by atoms with Gasteiger partial charge >= 0.3 is 0 Å². The number of hydrogen-bond acceptors (Lipinski definition) is 2. The molecule has 1 unspecified atom stereocenters. The van der Waals surface area contributed by atoms with E-state index in [9.17, 15) is 9.90 Å². The molecule has 0 fully saturated rings. The van der Waals surface area contributed by atoms with E-state index < -0.39 is 5.60 Å². The summed E-state index contributed by atoms with van der Waals surface area (Å²) in [6.45, 7) is 12.1. The van der Waals surface area contributed by atoms with Crippen LogP contribution >= 0.6 is 0 Å². The minimum Gasteiger partial charge on any atom is -0.367 e. The molecule has 2 nitrogen and oxygen atoms in total. The molecule has 0 saturated heterocycles. The Morgan fingerprint density at radius 3 is 2.04 bits per heavy atom. The van der Waals surface area contributed by atoms with Crippen LogP contribution in [0.1, 0.15) is 47.1 Å². The molecule has 0 amide bonds. The number of aliphatic hydroxyl groups is 1. The van der Waals surface area contributed by atoms with E-state index in [2.05, 4.69) is 32.6 Å². The molecule has 1 aromatic carbocycles. The summed E-state index contributed by atoms with van der Waals surface area (Å²) in [5, 5.41) is 11.0. The zero-order valence-electron chi connectivity index (χ0n) is 15.4. The van der Waals surface area contributed by atoms with Gasteiger partial charge in [-0.25, -0.2) is 0 Å². The first-order valence-electron chi connectivity index (χ1n) is 8.24. The Bertz CT molecular complexity index is 756. The molecule has 1 aliphatic carbocycles. The topological polar surface area (TPSA) is 37.3 Å². The van der Waals surface area contributed by atoms with Crippen molar-refractivity contribution < 1.29 is 9.90 Å². The van der Waals surface area contributed by atoms with E-state index in [1.807, 2.05) is 57.2 Å². The van der Waals surface area contributed by atoms with Crippen molar-refractivity contribution in [3.05, 3.63) is 59.2 Å². The Labute approximate surface area is 145 Å². The molecule has 0 heterocycles. The molecule has 0 aromatic heterocycles. The number of allylic oxidation sites excluding steroid dienone is 2. The molecule has 2 rings (SSSR count). The van der Waals surface area contributed by atoms with Crippen molar-refractivity contribution in [2.45, 2.75) is 47.1 Å². The van der Waals surface area contributed by atoms with Crippen molar-refractivity contribution in [3.63, 3.8) is 0 Å². The van der Waals surface area contributed by atoms with E-state index in [0.717, 1.165) is 11.1 Å². The number of Topliss-reactive ketones (excluding diaryl/α,β-unsaturated/α-hetero) is 1. The number of rotatable bonds is 0. The number of hydrogen-bond donors (Lipinski definition) is 1.